The lowest BCUT2D eigenvalue weighted by molar-refractivity contribution is 0.101. The van der Waals surface area contributed by atoms with Gasteiger partial charge in [-0.15, -0.1) is 0 Å². The van der Waals surface area contributed by atoms with Crippen LogP contribution in [0.5, 0.6) is 11.5 Å². The van der Waals surface area contributed by atoms with Crippen molar-refractivity contribution < 1.29 is 14.3 Å². The van der Waals surface area contributed by atoms with Crippen LogP contribution in [0.25, 0.3) is 17.1 Å². The van der Waals surface area contributed by atoms with Gasteiger partial charge in [-0.1, -0.05) is 0 Å². The van der Waals surface area contributed by atoms with E-state index in [9.17, 15) is 4.79 Å². The lowest BCUT2D eigenvalue weighted by atomic mass is 10.0. The Morgan fingerprint density at radius 1 is 1.40 bits per heavy atom. The number of likely N-dealkylation sites (tertiary alicyclic amines) is 1. The number of nitrogens with one attached hydrogen (secondary N) is 1. The minimum Gasteiger partial charge on any atom is -0.496 e. The molecule has 154 valence electrons. The Bertz CT molecular complexity index is 1150. The van der Waals surface area contributed by atoms with E-state index in [1.165, 1.54) is 0 Å². The number of aromatic amines is 1. The minimum atomic E-state index is -0.163. The van der Waals surface area contributed by atoms with Crippen molar-refractivity contribution in [3.05, 3.63) is 53.0 Å². The molecule has 3 N–H and O–H groups in total. The van der Waals surface area contributed by atoms with Gasteiger partial charge in [0.05, 0.1) is 23.9 Å². The second kappa shape index (κ2) is 7.55. The van der Waals surface area contributed by atoms with Gasteiger partial charge in [0.15, 0.2) is 11.4 Å². The molecule has 0 amide bonds. The molecule has 1 unspecified atom stereocenters. The number of aromatic nitrogens is 3. The molecular weight excluding hydrogens is 382 g/mol. The summed E-state index contributed by atoms with van der Waals surface area (Å²) in [6.07, 6.45) is 5.45. The topological polar surface area (TPSA) is 106 Å². The van der Waals surface area contributed by atoms with Crippen molar-refractivity contribution in [2.24, 2.45) is 5.73 Å². The number of nitrogens with two attached hydrogens (primary N) is 1. The van der Waals surface area contributed by atoms with E-state index in [1.54, 1.807) is 25.4 Å². The molecule has 30 heavy (non-hydrogen) atoms. The number of methoxy groups -OCH3 is 1. The van der Waals surface area contributed by atoms with E-state index >= 15 is 0 Å². The average Bonchev–Trinajstić information content (AvgIpc) is 3.30. The number of hydrogen-bond acceptors (Lipinski definition) is 7. The van der Waals surface area contributed by atoms with Crippen molar-refractivity contribution in [3.63, 3.8) is 0 Å². The SMILES string of the molecule is COc1ccc2c(c1CN1CCCC(N)C1)OC(=Cc1n[nH]c3ncccc13)C2=O. The Hall–Kier alpha value is -3.23. The molecule has 1 fully saturated rings. The van der Waals surface area contributed by atoms with Gasteiger partial charge in [-0.3, -0.25) is 14.8 Å². The number of ether oxygens (including phenoxy) is 2. The van der Waals surface area contributed by atoms with Crippen molar-refractivity contribution >= 4 is 22.9 Å². The predicted octanol–water partition coefficient (Wildman–Crippen LogP) is 2.51. The van der Waals surface area contributed by atoms with E-state index < -0.39 is 0 Å². The number of carbonyl (C=O) groups is 1. The Labute approximate surface area is 173 Å². The molecule has 4 heterocycles. The zero-order valence-corrected chi connectivity index (χ0v) is 16.7. The maximum atomic E-state index is 13.0. The monoisotopic (exact) mass is 405 g/mol. The summed E-state index contributed by atoms with van der Waals surface area (Å²) < 4.78 is 11.7. The average molecular weight is 405 g/mol. The zero-order valence-electron chi connectivity index (χ0n) is 16.7. The number of benzene rings is 1. The number of H-pyrrole nitrogens is 1. The van der Waals surface area contributed by atoms with Crippen molar-refractivity contribution in [2.75, 3.05) is 20.2 Å². The summed E-state index contributed by atoms with van der Waals surface area (Å²) >= 11 is 0. The fraction of sp³-hybridized carbons (Fsp3) is 0.318. The lowest BCUT2D eigenvalue weighted by Crippen LogP contribution is -2.42. The van der Waals surface area contributed by atoms with Gasteiger partial charge in [-0.25, -0.2) is 4.98 Å². The highest BCUT2D eigenvalue weighted by Crippen LogP contribution is 2.41. The highest BCUT2D eigenvalue weighted by Gasteiger charge is 2.33. The lowest BCUT2D eigenvalue weighted by Gasteiger charge is -2.31. The molecule has 2 aliphatic heterocycles. The summed E-state index contributed by atoms with van der Waals surface area (Å²) in [6, 6.07) is 7.49. The van der Waals surface area contributed by atoms with E-state index in [1.807, 2.05) is 18.2 Å². The number of Topliss-reactive ketones (excluding diaryl/α,β-unsaturated/α-hetero) is 1. The van der Waals surface area contributed by atoms with Gasteiger partial charge in [0, 0.05) is 36.8 Å². The summed E-state index contributed by atoms with van der Waals surface area (Å²) in [5, 5.41) is 7.98. The van der Waals surface area contributed by atoms with Crippen molar-refractivity contribution in [3.8, 4) is 11.5 Å². The second-order valence-electron chi connectivity index (χ2n) is 7.71. The number of ketones is 1. The molecule has 0 saturated carbocycles. The first kappa shape index (κ1) is 18.8. The molecule has 2 aliphatic rings. The standard InChI is InChI=1S/C22H23N5O3/c1-29-18-7-6-15-20(28)19(10-17-14-5-2-8-24-22(14)26-25-17)30-21(15)16(18)12-27-9-3-4-13(23)11-27/h2,5-8,10,13H,3-4,9,11-12,23H2,1H3,(H,24,25,26). The largest absolute Gasteiger partial charge is 0.496 e. The molecule has 2 aromatic heterocycles. The fourth-order valence-corrected chi connectivity index (χ4v) is 4.20. The summed E-state index contributed by atoms with van der Waals surface area (Å²) in [5.41, 5.74) is 8.83. The van der Waals surface area contributed by atoms with Crippen molar-refractivity contribution in [1.82, 2.24) is 20.1 Å². The predicted molar refractivity (Wildman–Crippen MR) is 112 cm³/mol. The third kappa shape index (κ3) is 3.24. The van der Waals surface area contributed by atoms with Gasteiger partial charge >= 0.3 is 0 Å². The third-order valence-corrected chi connectivity index (χ3v) is 5.68. The molecular formula is C22H23N5O3. The molecule has 0 bridgehead atoms. The molecule has 0 aliphatic carbocycles. The number of fused-ring (bicyclic) bond motifs is 2. The fourth-order valence-electron chi connectivity index (χ4n) is 4.20. The number of pyridine rings is 1. The number of hydrogen-bond donors (Lipinski definition) is 2. The van der Waals surface area contributed by atoms with Crippen LogP contribution < -0.4 is 15.2 Å². The van der Waals surface area contributed by atoms with Crippen LogP contribution in [0, 0.1) is 0 Å². The molecule has 1 atom stereocenters. The highest BCUT2D eigenvalue weighted by atomic mass is 16.5. The van der Waals surface area contributed by atoms with E-state index in [-0.39, 0.29) is 17.6 Å². The number of piperidine rings is 1. The molecule has 8 heteroatoms. The first-order chi connectivity index (χ1) is 14.6. The maximum Gasteiger partial charge on any atom is 0.232 e. The van der Waals surface area contributed by atoms with Crippen molar-refractivity contribution in [1.29, 1.82) is 0 Å². The third-order valence-electron chi connectivity index (χ3n) is 5.68. The quantitative estimate of drug-likeness (QED) is 0.642. The normalized spacial score (nSPS) is 20.5. The van der Waals surface area contributed by atoms with Gasteiger partial charge in [-0.05, 0) is 43.7 Å². The maximum absolute atomic E-state index is 13.0. The van der Waals surface area contributed by atoms with Crippen molar-refractivity contribution in [2.45, 2.75) is 25.4 Å². The Kier molecular flexibility index (Phi) is 4.72. The van der Waals surface area contributed by atoms with Crippen LogP contribution in [-0.4, -0.2) is 52.1 Å². The second-order valence-corrected chi connectivity index (χ2v) is 7.71. The first-order valence-corrected chi connectivity index (χ1v) is 10.0. The number of nitrogens with zero attached hydrogens (tertiary/aromatic N) is 3. The van der Waals surface area contributed by atoms with Crippen LogP contribution in [0.15, 0.2) is 36.2 Å². The number of rotatable bonds is 4. The van der Waals surface area contributed by atoms with Crippen LogP contribution in [0.1, 0.15) is 34.5 Å². The smallest absolute Gasteiger partial charge is 0.232 e. The van der Waals surface area contributed by atoms with Gasteiger partial charge < -0.3 is 15.2 Å². The van der Waals surface area contributed by atoms with E-state index in [0.29, 0.717) is 34.9 Å². The van der Waals surface area contributed by atoms with Gasteiger partial charge in [-0.2, -0.15) is 5.10 Å². The Morgan fingerprint density at radius 3 is 3.13 bits per heavy atom. The van der Waals surface area contributed by atoms with Gasteiger partial charge in [0.2, 0.25) is 5.78 Å². The molecule has 0 radical (unpaired) electrons. The van der Waals surface area contributed by atoms with Crippen LogP contribution in [0.3, 0.4) is 0 Å². The van der Waals surface area contributed by atoms with Crippen LogP contribution in [0.2, 0.25) is 0 Å². The molecule has 8 nitrogen and oxygen atoms in total. The zero-order chi connectivity index (χ0) is 20.7. The highest BCUT2D eigenvalue weighted by molar-refractivity contribution is 6.15. The molecule has 5 rings (SSSR count). The molecule has 0 spiro atoms. The minimum absolute atomic E-state index is 0.163. The first-order valence-electron chi connectivity index (χ1n) is 10.0. The van der Waals surface area contributed by atoms with Crippen LogP contribution >= 0.6 is 0 Å². The summed E-state index contributed by atoms with van der Waals surface area (Å²) in [7, 11) is 1.63. The molecule has 1 aromatic carbocycles. The number of allylic oxidation sites excluding steroid dienone is 1. The van der Waals surface area contributed by atoms with Crippen LogP contribution in [-0.2, 0) is 6.54 Å². The summed E-state index contributed by atoms with van der Waals surface area (Å²) in [6.45, 7) is 2.40. The van der Waals surface area contributed by atoms with Gasteiger partial charge in [0.1, 0.15) is 11.5 Å². The number of carbonyl (C=O) groups excluding carboxylic acids is 1. The van der Waals surface area contributed by atoms with E-state index in [0.717, 1.165) is 36.9 Å². The Balaban J connectivity index is 1.50. The molecule has 3 aromatic rings. The molecule has 1 saturated heterocycles. The summed E-state index contributed by atoms with van der Waals surface area (Å²) in [4.78, 5) is 19.6. The van der Waals surface area contributed by atoms with Gasteiger partial charge in [0.25, 0.3) is 0 Å². The van der Waals surface area contributed by atoms with E-state index in [4.69, 9.17) is 15.2 Å². The van der Waals surface area contributed by atoms with Crippen LogP contribution in [0.4, 0.5) is 0 Å². The van der Waals surface area contributed by atoms with E-state index in [2.05, 4.69) is 20.1 Å². The summed E-state index contributed by atoms with van der Waals surface area (Å²) in [5.74, 6) is 1.34. The Morgan fingerprint density at radius 2 is 2.30 bits per heavy atom.